The lowest BCUT2D eigenvalue weighted by molar-refractivity contribution is 0.804. The molecule has 17 heavy (non-hydrogen) atoms. The minimum absolute atomic E-state index is 0.717. The molecule has 2 aromatic rings. The Morgan fingerprint density at radius 2 is 2.00 bits per heavy atom. The first-order chi connectivity index (χ1) is 8.26. The number of rotatable bonds is 4. The first-order valence-electron chi connectivity index (χ1n) is 6.19. The van der Waals surface area contributed by atoms with Gasteiger partial charge in [0.2, 0.25) is 0 Å². The van der Waals surface area contributed by atoms with Crippen molar-refractivity contribution in [2.24, 2.45) is 0 Å². The molecule has 0 fully saturated rings. The van der Waals surface area contributed by atoms with E-state index in [1.807, 2.05) is 16.8 Å². The summed E-state index contributed by atoms with van der Waals surface area (Å²) in [6.45, 7) is 4.29. The molecule has 0 amide bonds. The van der Waals surface area contributed by atoms with Gasteiger partial charge in [-0.05, 0) is 24.5 Å². The third kappa shape index (κ3) is 2.33. The summed E-state index contributed by atoms with van der Waals surface area (Å²) in [6, 6.07) is 10.2. The highest BCUT2D eigenvalue weighted by atomic mass is 15.3. The number of hydrogen-bond donors (Lipinski definition) is 1. The van der Waals surface area contributed by atoms with Gasteiger partial charge in [0.15, 0.2) is 0 Å². The lowest BCUT2D eigenvalue weighted by Crippen LogP contribution is -2.04. The molecule has 3 heteroatoms. The molecule has 1 aromatic carbocycles. The zero-order valence-electron chi connectivity index (χ0n) is 10.5. The highest BCUT2D eigenvalue weighted by Crippen LogP contribution is 2.19. The summed E-state index contributed by atoms with van der Waals surface area (Å²) < 4.78 is 1.85. The molecule has 0 unspecified atom stereocenters. The van der Waals surface area contributed by atoms with Gasteiger partial charge >= 0.3 is 0 Å². The molecule has 0 spiro atoms. The average molecular weight is 229 g/mol. The molecule has 0 aliphatic carbocycles. The Labute approximate surface area is 102 Å². The Hall–Kier alpha value is -1.77. The van der Waals surface area contributed by atoms with E-state index in [9.17, 15) is 0 Å². The predicted molar refractivity (Wildman–Crippen MR) is 71.3 cm³/mol. The fourth-order valence-electron chi connectivity index (χ4n) is 2.03. The molecule has 2 N–H and O–H groups in total. The number of para-hydroxylation sites is 1. The van der Waals surface area contributed by atoms with E-state index in [-0.39, 0.29) is 0 Å². The molecule has 0 saturated heterocycles. The summed E-state index contributed by atoms with van der Waals surface area (Å²) in [5, 5.41) is 4.57. The van der Waals surface area contributed by atoms with Crippen molar-refractivity contribution in [1.29, 1.82) is 0 Å². The van der Waals surface area contributed by atoms with Crippen LogP contribution in [0.25, 0.3) is 5.69 Å². The first kappa shape index (κ1) is 11.7. The summed E-state index contributed by atoms with van der Waals surface area (Å²) in [7, 11) is 0. The second-order valence-electron chi connectivity index (χ2n) is 4.20. The van der Waals surface area contributed by atoms with Gasteiger partial charge in [-0.3, -0.25) is 0 Å². The van der Waals surface area contributed by atoms with E-state index < -0.39 is 0 Å². The fourth-order valence-corrected chi connectivity index (χ4v) is 2.03. The minimum Gasteiger partial charge on any atom is -0.384 e. The number of anilines is 1. The van der Waals surface area contributed by atoms with Crippen LogP contribution in [0.5, 0.6) is 0 Å². The van der Waals surface area contributed by atoms with E-state index in [0.717, 1.165) is 30.6 Å². The van der Waals surface area contributed by atoms with E-state index in [1.54, 1.807) is 0 Å². The van der Waals surface area contributed by atoms with Crippen LogP contribution in [0.15, 0.2) is 30.3 Å². The zero-order valence-corrected chi connectivity index (χ0v) is 10.5. The van der Waals surface area contributed by atoms with Gasteiger partial charge in [0.05, 0.1) is 11.4 Å². The summed E-state index contributed by atoms with van der Waals surface area (Å²) in [5.41, 5.74) is 9.45. The van der Waals surface area contributed by atoms with Crippen molar-refractivity contribution in [3.63, 3.8) is 0 Å². The van der Waals surface area contributed by atoms with Gasteiger partial charge in [-0.1, -0.05) is 38.5 Å². The maximum absolute atomic E-state index is 6.03. The van der Waals surface area contributed by atoms with Crippen molar-refractivity contribution in [1.82, 2.24) is 9.78 Å². The SMILES string of the molecule is CCCc1cc(N)n(-c2ccccc2CC)n1. The number of hydrogen-bond acceptors (Lipinski definition) is 2. The van der Waals surface area contributed by atoms with Crippen LogP contribution < -0.4 is 5.73 Å². The smallest absolute Gasteiger partial charge is 0.127 e. The van der Waals surface area contributed by atoms with E-state index in [0.29, 0.717) is 5.82 Å². The molecule has 1 heterocycles. The lowest BCUT2D eigenvalue weighted by Gasteiger charge is -2.08. The molecule has 0 radical (unpaired) electrons. The monoisotopic (exact) mass is 229 g/mol. The van der Waals surface area contributed by atoms with Crippen LogP contribution in [0.2, 0.25) is 0 Å². The highest BCUT2D eigenvalue weighted by molar-refractivity contribution is 5.47. The Morgan fingerprint density at radius 3 is 2.71 bits per heavy atom. The Balaban J connectivity index is 2.45. The van der Waals surface area contributed by atoms with Crippen LogP contribution in [0, 0.1) is 0 Å². The van der Waals surface area contributed by atoms with Crippen LogP contribution in [0.1, 0.15) is 31.5 Å². The van der Waals surface area contributed by atoms with Crippen molar-refractivity contribution in [2.45, 2.75) is 33.1 Å². The van der Waals surface area contributed by atoms with Crippen molar-refractivity contribution in [2.75, 3.05) is 5.73 Å². The summed E-state index contributed by atoms with van der Waals surface area (Å²) in [4.78, 5) is 0. The van der Waals surface area contributed by atoms with Gasteiger partial charge in [0, 0.05) is 6.07 Å². The second-order valence-corrected chi connectivity index (χ2v) is 4.20. The molecule has 0 aliphatic rings. The normalized spacial score (nSPS) is 10.7. The van der Waals surface area contributed by atoms with E-state index in [2.05, 4.69) is 37.1 Å². The summed E-state index contributed by atoms with van der Waals surface area (Å²) >= 11 is 0. The Morgan fingerprint density at radius 1 is 1.24 bits per heavy atom. The molecule has 1 aromatic heterocycles. The van der Waals surface area contributed by atoms with E-state index >= 15 is 0 Å². The first-order valence-corrected chi connectivity index (χ1v) is 6.19. The molecule has 0 bridgehead atoms. The van der Waals surface area contributed by atoms with Crippen LogP contribution in [0.3, 0.4) is 0 Å². The van der Waals surface area contributed by atoms with Crippen molar-refractivity contribution >= 4 is 5.82 Å². The molecule has 2 rings (SSSR count). The van der Waals surface area contributed by atoms with Gasteiger partial charge in [-0.25, -0.2) is 4.68 Å². The Kier molecular flexibility index (Phi) is 3.47. The highest BCUT2D eigenvalue weighted by Gasteiger charge is 2.08. The summed E-state index contributed by atoms with van der Waals surface area (Å²) in [6.07, 6.45) is 3.05. The number of nitrogens with two attached hydrogens (primary N) is 1. The molecule has 0 atom stereocenters. The van der Waals surface area contributed by atoms with Gasteiger partial charge in [-0.15, -0.1) is 0 Å². The van der Waals surface area contributed by atoms with Crippen LogP contribution in [-0.2, 0) is 12.8 Å². The zero-order chi connectivity index (χ0) is 12.3. The quantitative estimate of drug-likeness (QED) is 0.876. The molecular formula is C14H19N3. The topological polar surface area (TPSA) is 43.8 Å². The molecule has 0 aliphatic heterocycles. The third-order valence-corrected chi connectivity index (χ3v) is 2.89. The largest absolute Gasteiger partial charge is 0.384 e. The molecular weight excluding hydrogens is 210 g/mol. The molecule has 3 nitrogen and oxygen atoms in total. The standard InChI is InChI=1S/C14H19N3/c1-3-7-12-10-14(15)17(16-12)13-9-6-5-8-11(13)4-2/h5-6,8-10H,3-4,7,15H2,1-2H3. The van der Waals surface area contributed by atoms with Crippen LogP contribution >= 0.6 is 0 Å². The van der Waals surface area contributed by atoms with E-state index in [4.69, 9.17) is 5.73 Å². The number of aryl methyl sites for hydroxylation is 2. The van der Waals surface area contributed by atoms with Crippen LogP contribution in [0.4, 0.5) is 5.82 Å². The van der Waals surface area contributed by atoms with Crippen molar-refractivity contribution in [3.05, 3.63) is 41.6 Å². The van der Waals surface area contributed by atoms with Gasteiger partial charge in [0.25, 0.3) is 0 Å². The average Bonchev–Trinajstić information content (AvgIpc) is 2.70. The van der Waals surface area contributed by atoms with Crippen LogP contribution in [-0.4, -0.2) is 9.78 Å². The number of aromatic nitrogens is 2. The molecule has 90 valence electrons. The van der Waals surface area contributed by atoms with Gasteiger partial charge in [-0.2, -0.15) is 5.10 Å². The number of nitrogen functional groups attached to an aromatic ring is 1. The number of nitrogens with zero attached hydrogens (tertiary/aromatic N) is 2. The van der Waals surface area contributed by atoms with Crippen molar-refractivity contribution in [3.8, 4) is 5.69 Å². The maximum Gasteiger partial charge on any atom is 0.127 e. The van der Waals surface area contributed by atoms with Gasteiger partial charge < -0.3 is 5.73 Å². The third-order valence-electron chi connectivity index (χ3n) is 2.89. The Bertz CT molecular complexity index is 500. The summed E-state index contributed by atoms with van der Waals surface area (Å²) in [5.74, 6) is 0.717. The van der Waals surface area contributed by atoms with Crippen molar-refractivity contribution < 1.29 is 0 Å². The second kappa shape index (κ2) is 5.04. The molecule has 0 saturated carbocycles. The minimum atomic E-state index is 0.717. The van der Waals surface area contributed by atoms with E-state index in [1.165, 1.54) is 5.56 Å². The maximum atomic E-state index is 6.03. The van der Waals surface area contributed by atoms with Gasteiger partial charge in [0.1, 0.15) is 5.82 Å². The number of benzene rings is 1. The fraction of sp³-hybridized carbons (Fsp3) is 0.357. The lowest BCUT2D eigenvalue weighted by atomic mass is 10.1. The predicted octanol–water partition coefficient (Wildman–Crippen LogP) is 2.97.